The molecule has 1 aromatic heterocycles. The summed E-state index contributed by atoms with van der Waals surface area (Å²) in [6.45, 7) is 11.3. The van der Waals surface area contributed by atoms with Crippen molar-refractivity contribution in [3.05, 3.63) is 11.1 Å². The molecule has 0 amide bonds. The van der Waals surface area contributed by atoms with E-state index in [0.717, 1.165) is 24.8 Å². The highest BCUT2D eigenvalue weighted by Crippen LogP contribution is 2.28. The normalized spacial score (nSPS) is 14.5. The fraction of sp³-hybridized carbons (Fsp3) is 0.769. The highest BCUT2D eigenvalue weighted by atomic mass is 32.1. The maximum absolute atomic E-state index is 5.22. The van der Waals surface area contributed by atoms with Gasteiger partial charge < -0.3 is 15.0 Å². The van der Waals surface area contributed by atoms with Gasteiger partial charge in [-0.1, -0.05) is 6.92 Å². The number of methoxy groups -OCH3 is 1. The van der Waals surface area contributed by atoms with Crippen LogP contribution in [0.25, 0.3) is 0 Å². The number of aromatic nitrogens is 1. The topological polar surface area (TPSA) is 37.4 Å². The third-order valence-corrected chi connectivity index (χ3v) is 4.19. The molecule has 2 unspecified atom stereocenters. The Balaban J connectivity index is 2.75. The van der Waals surface area contributed by atoms with Crippen LogP contribution in [0.5, 0.6) is 0 Å². The second-order valence-corrected chi connectivity index (χ2v) is 5.46. The van der Waals surface area contributed by atoms with Crippen LogP contribution in [0, 0.1) is 0 Å². The molecule has 0 aliphatic rings. The van der Waals surface area contributed by atoms with Gasteiger partial charge in [0.2, 0.25) is 0 Å². The van der Waals surface area contributed by atoms with Crippen LogP contribution in [0.1, 0.15) is 38.6 Å². The van der Waals surface area contributed by atoms with Crippen molar-refractivity contribution in [1.29, 1.82) is 0 Å². The molecule has 1 N–H and O–H groups in total. The summed E-state index contributed by atoms with van der Waals surface area (Å²) in [7, 11) is 1.74. The Kier molecular flexibility index (Phi) is 6.60. The Morgan fingerprint density at radius 1 is 1.44 bits per heavy atom. The molecule has 104 valence electrons. The van der Waals surface area contributed by atoms with Gasteiger partial charge in [0.15, 0.2) is 5.13 Å². The van der Waals surface area contributed by atoms with Gasteiger partial charge in [-0.3, -0.25) is 0 Å². The van der Waals surface area contributed by atoms with Crippen molar-refractivity contribution in [2.45, 2.75) is 39.8 Å². The fourth-order valence-corrected chi connectivity index (χ4v) is 3.09. The Morgan fingerprint density at radius 3 is 2.72 bits per heavy atom. The first-order chi connectivity index (χ1) is 8.63. The van der Waals surface area contributed by atoms with E-state index in [0.29, 0.717) is 12.1 Å². The number of nitrogens with zero attached hydrogens (tertiary/aromatic N) is 2. The van der Waals surface area contributed by atoms with E-state index in [1.165, 1.54) is 4.88 Å². The van der Waals surface area contributed by atoms with Gasteiger partial charge >= 0.3 is 0 Å². The third-order valence-electron chi connectivity index (χ3n) is 2.97. The molecule has 0 aliphatic heterocycles. The molecular formula is C13H25N3OS. The lowest BCUT2D eigenvalue weighted by Gasteiger charge is -2.26. The van der Waals surface area contributed by atoms with Crippen molar-refractivity contribution in [3.63, 3.8) is 0 Å². The summed E-state index contributed by atoms with van der Waals surface area (Å²) in [4.78, 5) is 8.12. The van der Waals surface area contributed by atoms with Crippen LogP contribution in [-0.2, 0) is 4.74 Å². The summed E-state index contributed by atoms with van der Waals surface area (Å²) in [6, 6.07) is 0.728. The van der Waals surface area contributed by atoms with Gasteiger partial charge in [0.25, 0.3) is 0 Å². The smallest absolute Gasteiger partial charge is 0.185 e. The second kappa shape index (κ2) is 7.71. The van der Waals surface area contributed by atoms with Gasteiger partial charge in [-0.25, -0.2) is 4.98 Å². The van der Waals surface area contributed by atoms with E-state index in [9.17, 15) is 0 Å². The summed E-state index contributed by atoms with van der Waals surface area (Å²) < 4.78 is 5.22. The summed E-state index contributed by atoms with van der Waals surface area (Å²) in [6.07, 6.45) is 1.98. The standard InChI is InChI=1S/C13H25N3OS/c1-6-14-11(4)12-8-15-13(18-12)16(7-2)10(3)9-17-5/h8,10-11,14H,6-7,9H2,1-5H3. The average molecular weight is 271 g/mol. The number of thiazole rings is 1. The Bertz CT molecular complexity index is 343. The number of anilines is 1. The first kappa shape index (κ1) is 15.4. The van der Waals surface area contributed by atoms with Crippen molar-refractivity contribution in [1.82, 2.24) is 10.3 Å². The Morgan fingerprint density at radius 2 is 2.17 bits per heavy atom. The first-order valence-electron chi connectivity index (χ1n) is 6.58. The number of likely N-dealkylation sites (N-methyl/N-ethyl adjacent to an activating group) is 1. The van der Waals surface area contributed by atoms with E-state index in [-0.39, 0.29) is 0 Å². The number of rotatable bonds is 8. The molecule has 0 saturated heterocycles. The minimum atomic E-state index is 0.355. The summed E-state index contributed by atoms with van der Waals surface area (Å²) in [5, 5.41) is 4.50. The number of nitrogens with one attached hydrogen (secondary N) is 1. The summed E-state index contributed by atoms with van der Waals surface area (Å²) in [5.41, 5.74) is 0. The van der Waals surface area contributed by atoms with E-state index in [1.54, 1.807) is 18.4 Å². The predicted octanol–water partition coefficient (Wildman–Crippen LogP) is 2.67. The third kappa shape index (κ3) is 3.93. The van der Waals surface area contributed by atoms with Crippen LogP contribution in [0.2, 0.25) is 0 Å². The quantitative estimate of drug-likeness (QED) is 0.789. The fourth-order valence-electron chi connectivity index (χ4n) is 1.98. The molecule has 2 atom stereocenters. The molecule has 0 spiro atoms. The van der Waals surface area contributed by atoms with Gasteiger partial charge in [0.1, 0.15) is 0 Å². The molecule has 0 aliphatic carbocycles. The minimum absolute atomic E-state index is 0.355. The van der Waals surface area contributed by atoms with Crippen LogP contribution in [-0.4, -0.2) is 37.8 Å². The maximum Gasteiger partial charge on any atom is 0.185 e. The lowest BCUT2D eigenvalue weighted by molar-refractivity contribution is 0.182. The predicted molar refractivity (Wildman–Crippen MR) is 78.6 cm³/mol. The highest BCUT2D eigenvalue weighted by Gasteiger charge is 2.17. The van der Waals surface area contributed by atoms with E-state index < -0.39 is 0 Å². The molecule has 1 aromatic rings. The van der Waals surface area contributed by atoms with Crippen LogP contribution >= 0.6 is 11.3 Å². The molecule has 1 rings (SSSR count). The molecule has 0 saturated carbocycles. The van der Waals surface area contributed by atoms with Crippen molar-refractivity contribution in [3.8, 4) is 0 Å². The monoisotopic (exact) mass is 271 g/mol. The molecule has 5 heteroatoms. The van der Waals surface area contributed by atoms with Crippen LogP contribution in [0.4, 0.5) is 5.13 Å². The van der Waals surface area contributed by atoms with Gasteiger partial charge in [0.05, 0.1) is 12.6 Å². The zero-order chi connectivity index (χ0) is 13.5. The zero-order valence-corrected chi connectivity index (χ0v) is 12.9. The molecule has 4 nitrogen and oxygen atoms in total. The summed E-state index contributed by atoms with van der Waals surface area (Å²) >= 11 is 1.76. The number of hydrogen-bond donors (Lipinski definition) is 1. The first-order valence-corrected chi connectivity index (χ1v) is 7.40. The highest BCUT2D eigenvalue weighted by molar-refractivity contribution is 7.15. The summed E-state index contributed by atoms with van der Waals surface area (Å²) in [5.74, 6) is 0. The Hall–Kier alpha value is -0.650. The second-order valence-electron chi connectivity index (χ2n) is 4.41. The SMILES string of the molecule is CCNC(C)c1cnc(N(CC)C(C)COC)s1. The van der Waals surface area contributed by atoms with Crippen molar-refractivity contribution >= 4 is 16.5 Å². The van der Waals surface area contributed by atoms with E-state index in [4.69, 9.17) is 4.74 Å². The van der Waals surface area contributed by atoms with E-state index in [2.05, 4.69) is 42.9 Å². The van der Waals surface area contributed by atoms with E-state index in [1.807, 2.05) is 6.20 Å². The number of hydrogen-bond acceptors (Lipinski definition) is 5. The molecule has 0 fully saturated rings. The number of ether oxygens (including phenoxy) is 1. The van der Waals surface area contributed by atoms with Crippen LogP contribution in [0.15, 0.2) is 6.20 Å². The van der Waals surface area contributed by atoms with Crippen LogP contribution < -0.4 is 10.2 Å². The molecular weight excluding hydrogens is 246 g/mol. The molecule has 1 heterocycles. The Labute approximate surface area is 114 Å². The molecule has 18 heavy (non-hydrogen) atoms. The van der Waals surface area contributed by atoms with Gasteiger partial charge in [-0.15, -0.1) is 11.3 Å². The zero-order valence-electron chi connectivity index (χ0n) is 12.1. The van der Waals surface area contributed by atoms with Crippen LogP contribution in [0.3, 0.4) is 0 Å². The largest absolute Gasteiger partial charge is 0.383 e. The lowest BCUT2D eigenvalue weighted by Crippen LogP contribution is -2.35. The lowest BCUT2D eigenvalue weighted by atomic mass is 10.3. The maximum atomic E-state index is 5.22. The van der Waals surface area contributed by atoms with Gasteiger partial charge in [0, 0.05) is 30.8 Å². The average Bonchev–Trinajstić information content (AvgIpc) is 2.80. The molecule has 0 radical (unpaired) electrons. The van der Waals surface area contributed by atoms with Gasteiger partial charge in [-0.2, -0.15) is 0 Å². The van der Waals surface area contributed by atoms with Gasteiger partial charge in [-0.05, 0) is 27.3 Å². The van der Waals surface area contributed by atoms with Crippen molar-refractivity contribution in [2.75, 3.05) is 31.7 Å². The van der Waals surface area contributed by atoms with E-state index >= 15 is 0 Å². The van der Waals surface area contributed by atoms with Crippen molar-refractivity contribution < 1.29 is 4.74 Å². The van der Waals surface area contributed by atoms with Crippen molar-refractivity contribution in [2.24, 2.45) is 0 Å². The molecule has 0 bridgehead atoms. The minimum Gasteiger partial charge on any atom is -0.383 e. The molecule has 0 aromatic carbocycles.